The molecular weight excluding hydrogens is 438 g/mol. The number of rotatable bonds is 7. The molecule has 0 atom stereocenters. The fourth-order valence-electron chi connectivity index (χ4n) is 2.86. The number of non-ortho nitro benzene ring substituents is 1. The Morgan fingerprint density at radius 3 is 2.09 bits per heavy atom. The molecule has 0 radical (unpaired) electrons. The van der Waals surface area contributed by atoms with Gasteiger partial charge in [0.1, 0.15) is 11.5 Å². The first kappa shape index (κ1) is 22.6. The summed E-state index contributed by atoms with van der Waals surface area (Å²) in [5.41, 5.74) is 0.663. The van der Waals surface area contributed by atoms with E-state index in [-0.39, 0.29) is 27.5 Å². The Balaban J connectivity index is 1.84. The van der Waals surface area contributed by atoms with Crippen molar-refractivity contribution in [3.63, 3.8) is 0 Å². The maximum Gasteiger partial charge on any atom is 0.270 e. The van der Waals surface area contributed by atoms with E-state index < -0.39 is 16.7 Å². The number of nitro benzene ring substituents is 1. The fraction of sp³-hybridized carbons (Fsp3) is 0.0909. The lowest BCUT2D eigenvalue weighted by molar-refractivity contribution is -0.384. The van der Waals surface area contributed by atoms with Crippen LogP contribution in [0.4, 0.5) is 17.1 Å². The number of nitro groups is 1. The second kappa shape index (κ2) is 9.80. The Kier molecular flexibility index (Phi) is 6.91. The van der Waals surface area contributed by atoms with E-state index in [0.29, 0.717) is 17.2 Å². The number of nitrogens with one attached hydrogen (secondary N) is 2. The van der Waals surface area contributed by atoms with E-state index in [1.165, 1.54) is 26.4 Å². The number of anilines is 2. The minimum atomic E-state index is -0.617. The zero-order chi connectivity index (χ0) is 23.3. The van der Waals surface area contributed by atoms with Crippen LogP contribution in [0.3, 0.4) is 0 Å². The lowest BCUT2D eigenvalue weighted by atomic mass is 10.1. The number of nitrogens with zero attached hydrogens (tertiary/aromatic N) is 1. The smallest absolute Gasteiger partial charge is 0.270 e. The van der Waals surface area contributed by atoms with E-state index in [1.807, 2.05) is 0 Å². The Morgan fingerprint density at radius 1 is 0.875 bits per heavy atom. The molecule has 0 bridgehead atoms. The molecule has 0 aliphatic heterocycles. The number of amides is 2. The van der Waals surface area contributed by atoms with Crippen LogP contribution in [0, 0.1) is 10.1 Å². The van der Waals surface area contributed by atoms with Crippen LogP contribution in [0.2, 0.25) is 5.02 Å². The van der Waals surface area contributed by atoms with Crippen LogP contribution < -0.4 is 20.1 Å². The maximum absolute atomic E-state index is 12.9. The van der Waals surface area contributed by atoms with Gasteiger partial charge in [-0.1, -0.05) is 23.7 Å². The van der Waals surface area contributed by atoms with Crippen LogP contribution in [0.1, 0.15) is 20.7 Å². The first-order chi connectivity index (χ1) is 15.3. The molecule has 0 aliphatic carbocycles. The molecule has 0 saturated heterocycles. The average Bonchev–Trinajstić information content (AvgIpc) is 2.78. The lowest BCUT2D eigenvalue weighted by Gasteiger charge is -2.13. The summed E-state index contributed by atoms with van der Waals surface area (Å²) < 4.78 is 10.4. The third kappa shape index (κ3) is 5.13. The molecule has 32 heavy (non-hydrogen) atoms. The summed E-state index contributed by atoms with van der Waals surface area (Å²) in [6.07, 6.45) is 0. The SMILES string of the molecule is COc1cc(NC(=O)c2ccccc2NC(=O)c2ccc([N+](=O)[O-])cc2Cl)cc(OC)c1. The molecule has 0 fully saturated rings. The molecule has 3 aromatic carbocycles. The molecule has 0 saturated carbocycles. The van der Waals surface area contributed by atoms with Crippen molar-refractivity contribution in [2.75, 3.05) is 24.9 Å². The van der Waals surface area contributed by atoms with Crippen LogP contribution in [-0.2, 0) is 0 Å². The van der Waals surface area contributed by atoms with Crippen molar-refractivity contribution in [1.82, 2.24) is 0 Å². The number of hydrogen-bond acceptors (Lipinski definition) is 6. The van der Waals surface area contributed by atoms with E-state index >= 15 is 0 Å². The highest BCUT2D eigenvalue weighted by molar-refractivity contribution is 6.34. The van der Waals surface area contributed by atoms with Crippen molar-refractivity contribution in [1.29, 1.82) is 0 Å². The molecule has 0 heterocycles. The van der Waals surface area contributed by atoms with Gasteiger partial charge in [-0.15, -0.1) is 0 Å². The van der Waals surface area contributed by atoms with Crippen LogP contribution in [0.15, 0.2) is 60.7 Å². The van der Waals surface area contributed by atoms with Crippen molar-refractivity contribution in [3.05, 3.63) is 86.9 Å². The molecule has 3 rings (SSSR count). The number of para-hydroxylation sites is 1. The summed E-state index contributed by atoms with van der Waals surface area (Å²) in [6, 6.07) is 14.8. The van der Waals surface area contributed by atoms with Crippen molar-refractivity contribution in [3.8, 4) is 11.5 Å². The summed E-state index contributed by atoms with van der Waals surface area (Å²) in [4.78, 5) is 35.8. The topological polar surface area (TPSA) is 120 Å². The number of benzene rings is 3. The zero-order valence-corrected chi connectivity index (χ0v) is 17.8. The van der Waals surface area contributed by atoms with Gasteiger partial charge >= 0.3 is 0 Å². The Morgan fingerprint density at radius 2 is 1.50 bits per heavy atom. The Hall–Kier alpha value is -4.11. The van der Waals surface area contributed by atoms with Gasteiger partial charge in [-0.2, -0.15) is 0 Å². The van der Waals surface area contributed by atoms with Crippen LogP contribution in [0.5, 0.6) is 11.5 Å². The molecule has 10 heteroatoms. The average molecular weight is 456 g/mol. The molecular formula is C22H18ClN3O6. The lowest BCUT2D eigenvalue weighted by Crippen LogP contribution is -2.18. The van der Waals surface area contributed by atoms with E-state index in [4.69, 9.17) is 21.1 Å². The summed E-state index contributed by atoms with van der Waals surface area (Å²) in [5.74, 6) is -0.109. The molecule has 3 aromatic rings. The summed E-state index contributed by atoms with van der Waals surface area (Å²) in [6.45, 7) is 0. The fourth-order valence-corrected chi connectivity index (χ4v) is 3.12. The number of hydrogen-bond donors (Lipinski definition) is 2. The van der Waals surface area contributed by atoms with E-state index in [9.17, 15) is 19.7 Å². The predicted octanol–water partition coefficient (Wildman–Crippen LogP) is 4.77. The van der Waals surface area contributed by atoms with Gasteiger partial charge in [-0.25, -0.2) is 0 Å². The van der Waals surface area contributed by atoms with Gasteiger partial charge in [-0.3, -0.25) is 19.7 Å². The third-order valence-electron chi connectivity index (χ3n) is 4.44. The van der Waals surface area contributed by atoms with Crippen molar-refractivity contribution < 1.29 is 24.0 Å². The minimum absolute atomic E-state index is 0.0324. The molecule has 2 amide bonds. The van der Waals surface area contributed by atoms with Gasteiger partial charge in [0.05, 0.1) is 41.0 Å². The highest BCUT2D eigenvalue weighted by atomic mass is 35.5. The predicted molar refractivity (Wildman–Crippen MR) is 120 cm³/mol. The zero-order valence-electron chi connectivity index (χ0n) is 17.0. The van der Waals surface area contributed by atoms with Crippen LogP contribution >= 0.6 is 11.6 Å². The largest absolute Gasteiger partial charge is 0.497 e. The first-order valence-corrected chi connectivity index (χ1v) is 9.59. The highest BCUT2D eigenvalue weighted by Crippen LogP contribution is 2.28. The van der Waals surface area contributed by atoms with Gasteiger partial charge in [-0.05, 0) is 18.2 Å². The van der Waals surface area contributed by atoms with Crippen molar-refractivity contribution >= 4 is 40.5 Å². The van der Waals surface area contributed by atoms with Crippen molar-refractivity contribution in [2.45, 2.75) is 0 Å². The molecule has 164 valence electrons. The third-order valence-corrected chi connectivity index (χ3v) is 4.75. The second-order valence-electron chi connectivity index (χ2n) is 6.48. The van der Waals surface area contributed by atoms with E-state index in [2.05, 4.69) is 10.6 Å². The number of carbonyl (C=O) groups excluding carboxylic acids is 2. The normalized spacial score (nSPS) is 10.2. The highest BCUT2D eigenvalue weighted by Gasteiger charge is 2.18. The first-order valence-electron chi connectivity index (χ1n) is 9.21. The van der Waals surface area contributed by atoms with Gasteiger partial charge in [0.2, 0.25) is 0 Å². The molecule has 0 aromatic heterocycles. The Bertz CT molecular complexity index is 1180. The summed E-state index contributed by atoms with van der Waals surface area (Å²) in [7, 11) is 2.99. The van der Waals surface area contributed by atoms with Gasteiger partial charge in [0.15, 0.2) is 0 Å². The van der Waals surface area contributed by atoms with Gasteiger partial charge in [0.25, 0.3) is 17.5 Å². The molecule has 2 N–H and O–H groups in total. The van der Waals surface area contributed by atoms with Gasteiger partial charge in [0, 0.05) is 36.0 Å². The van der Waals surface area contributed by atoms with E-state index in [0.717, 1.165) is 6.07 Å². The number of methoxy groups -OCH3 is 2. The number of carbonyl (C=O) groups is 2. The van der Waals surface area contributed by atoms with Gasteiger partial charge < -0.3 is 20.1 Å². The molecule has 0 aliphatic rings. The Labute approximate surface area is 188 Å². The van der Waals surface area contributed by atoms with Crippen LogP contribution in [-0.4, -0.2) is 31.0 Å². The van der Waals surface area contributed by atoms with Crippen molar-refractivity contribution in [2.24, 2.45) is 0 Å². The molecule has 9 nitrogen and oxygen atoms in total. The molecule has 0 unspecified atom stereocenters. The second-order valence-corrected chi connectivity index (χ2v) is 6.88. The number of halogens is 1. The quantitative estimate of drug-likeness (QED) is 0.391. The monoisotopic (exact) mass is 455 g/mol. The summed E-state index contributed by atoms with van der Waals surface area (Å²) in [5, 5.41) is 16.1. The standard InChI is InChI=1S/C22H18ClN3O6/c1-31-15-9-13(10-16(12-15)32-2)24-22(28)18-5-3-4-6-20(18)25-21(27)17-8-7-14(26(29)30)11-19(17)23/h3-12H,1-2H3,(H,24,28)(H,25,27). The van der Waals surface area contributed by atoms with Crippen LogP contribution in [0.25, 0.3) is 0 Å². The summed E-state index contributed by atoms with van der Waals surface area (Å²) >= 11 is 6.03. The molecule has 0 spiro atoms. The minimum Gasteiger partial charge on any atom is -0.497 e. The van der Waals surface area contributed by atoms with E-state index in [1.54, 1.807) is 42.5 Å². The maximum atomic E-state index is 12.9. The number of ether oxygens (including phenoxy) is 2.